The van der Waals surface area contributed by atoms with Crippen LogP contribution in [0.2, 0.25) is 0 Å². The molecular formula is C39H62O12. The summed E-state index contributed by atoms with van der Waals surface area (Å²) in [6, 6.07) is 0. The minimum Gasteiger partial charge on any atom is -0.394 e. The fraction of sp³-hybridized carbons (Fsp3) is 0.949. The Kier molecular flexibility index (Phi) is 9.83. The fourth-order valence-electron chi connectivity index (χ4n) is 12.5. The summed E-state index contributed by atoms with van der Waals surface area (Å²) in [6.07, 6.45) is -1.68. The molecule has 4 aliphatic heterocycles. The molecule has 8 rings (SSSR count). The molecule has 0 bridgehead atoms. The predicted octanol–water partition coefficient (Wildman–Crippen LogP) is 2.39. The van der Waals surface area contributed by atoms with Gasteiger partial charge < -0.3 is 59.1 Å². The highest BCUT2D eigenvalue weighted by molar-refractivity contribution is 5.26. The van der Waals surface area contributed by atoms with Crippen LogP contribution in [0.1, 0.15) is 92.4 Å². The van der Waals surface area contributed by atoms with Crippen molar-refractivity contribution in [1.82, 2.24) is 0 Å². The Bertz CT molecular complexity index is 1300. The summed E-state index contributed by atoms with van der Waals surface area (Å²) in [5, 5.41) is 62.9. The van der Waals surface area contributed by atoms with E-state index in [1.165, 1.54) is 31.8 Å². The molecular weight excluding hydrogens is 660 g/mol. The molecule has 0 aromatic rings. The van der Waals surface area contributed by atoms with Gasteiger partial charge in [0, 0.05) is 12.3 Å². The molecule has 0 radical (unpaired) electrons. The van der Waals surface area contributed by atoms with Crippen molar-refractivity contribution in [3.63, 3.8) is 0 Å². The van der Waals surface area contributed by atoms with Crippen LogP contribution in [-0.2, 0) is 28.4 Å². The Morgan fingerprint density at radius 3 is 2.33 bits per heavy atom. The minimum atomic E-state index is -1.61. The number of aliphatic hydroxyl groups is 6. The molecule has 12 nitrogen and oxygen atoms in total. The van der Waals surface area contributed by atoms with E-state index >= 15 is 0 Å². The van der Waals surface area contributed by atoms with Crippen molar-refractivity contribution in [2.24, 2.45) is 46.3 Å². The Labute approximate surface area is 301 Å². The molecule has 6 N–H and O–H groups in total. The molecule has 4 heterocycles. The van der Waals surface area contributed by atoms with Gasteiger partial charge in [0.1, 0.15) is 42.7 Å². The quantitative estimate of drug-likeness (QED) is 0.229. The number of hydrogen-bond donors (Lipinski definition) is 6. The normalized spacial score (nSPS) is 58.4. The van der Waals surface area contributed by atoms with Crippen molar-refractivity contribution in [3.05, 3.63) is 11.6 Å². The van der Waals surface area contributed by atoms with E-state index in [2.05, 4.69) is 33.8 Å². The molecule has 8 aliphatic rings. The lowest BCUT2D eigenvalue weighted by molar-refractivity contribution is -0.369. The summed E-state index contributed by atoms with van der Waals surface area (Å²) in [7, 11) is 0. The first kappa shape index (κ1) is 37.2. The molecule has 290 valence electrons. The van der Waals surface area contributed by atoms with Gasteiger partial charge in [-0.3, -0.25) is 0 Å². The maximum absolute atomic E-state index is 11.1. The van der Waals surface area contributed by atoms with Crippen molar-refractivity contribution >= 4 is 0 Å². The van der Waals surface area contributed by atoms with E-state index in [4.69, 9.17) is 28.4 Å². The van der Waals surface area contributed by atoms with Gasteiger partial charge in [0.2, 0.25) is 0 Å². The molecule has 4 saturated heterocycles. The Morgan fingerprint density at radius 2 is 1.61 bits per heavy atom. The van der Waals surface area contributed by atoms with Crippen LogP contribution in [0.25, 0.3) is 0 Å². The zero-order valence-corrected chi connectivity index (χ0v) is 30.9. The molecule has 12 heteroatoms. The third-order valence-corrected chi connectivity index (χ3v) is 15.6. The second-order valence-electron chi connectivity index (χ2n) is 18.3. The van der Waals surface area contributed by atoms with Gasteiger partial charge in [-0.1, -0.05) is 39.3 Å². The van der Waals surface area contributed by atoms with E-state index in [0.717, 1.165) is 38.7 Å². The van der Waals surface area contributed by atoms with Gasteiger partial charge in [0.25, 0.3) is 0 Å². The van der Waals surface area contributed by atoms with Crippen molar-refractivity contribution < 1.29 is 59.1 Å². The van der Waals surface area contributed by atoms with Crippen LogP contribution in [0.15, 0.2) is 11.6 Å². The van der Waals surface area contributed by atoms with Gasteiger partial charge in [-0.25, -0.2) is 0 Å². The second-order valence-corrected chi connectivity index (χ2v) is 18.3. The summed E-state index contributed by atoms with van der Waals surface area (Å²) in [6.45, 7) is 11.5. The molecule has 0 aromatic heterocycles. The van der Waals surface area contributed by atoms with E-state index < -0.39 is 73.8 Å². The topological polar surface area (TPSA) is 177 Å². The van der Waals surface area contributed by atoms with Gasteiger partial charge in [-0.2, -0.15) is 0 Å². The molecule has 3 saturated carbocycles. The maximum atomic E-state index is 11.1. The maximum Gasteiger partial charge on any atom is 0.187 e. The van der Waals surface area contributed by atoms with Gasteiger partial charge in [0.05, 0.1) is 31.5 Å². The first-order chi connectivity index (χ1) is 24.2. The monoisotopic (exact) mass is 722 g/mol. The number of aliphatic hydroxyl groups excluding tert-OH is 6. The van der Waals surface area contributed by atoms with Crippen molar-refractivity contribution in [2.45, 2.75) is 172 Å². The molecule has 21 atom stereocenters. The number of ether oxygens (including phenoxy) is 6. The van der Waals surface area contributed by atoms with E-state index in [0.29, 0.717) is 41.9 Å². The Balaban J connectivity index is 0.964. The van der Waals surface area contributed by atoms with Crippen LogP contribution in [0.3, 0.4) is 0 Å². The zero-order valence-electron chi connectivity index (χ0n) is 30.9. The van der Waals surface area contributed by atoms with E-state index in [-0.39, 0.29) is 23.0 Å². The average molecular weight is 723 g/mol. The van der Waals surface area contributed by atoms with Crippen LogP contribution < -0.4 is 0 Å². The van der Waals surface area contributed by atoms with Crippen LogP contribution in [0.4, 0.5) is 0 Å². The van der Waals surface area contributed by atoms with Crippen LogP contribution in [0, 0.1) is 46.3 Å². The number of rotatable bonds is 5. The minimum absolute atomic E-state index is 0.0535. The standard InChI is InChI=1S/C39H62O12/c1-18-8-13-39(46-17-18)19(2)28-26(51-39)15-25-23-7-6-21-14-22(9-11-37(21,4)24(23)10-12-38(25,28)5)48-36-34(32(44)30(42)27(16-40)49-36)50-35-33(45)31(43)29(41)20(3)47-35/h6,18-20,22-36,40-45H,7-17H2,1-5H3/t18-,19+,20?,22+,23-,24+,25+,26+,27?,28+,29+,30-,31?,32?,33+,34?,35+,36-,37+,38+,39-/m1/s1. The highest BCUT2D eigenvalue weighted by Crippen LogP contribution is 2.70. The third-order valence-electron chi connectivity index (χ3n) is 15.6. The van der Waals surface area contributed by atoms with Crippen LogP contribution in [-0.4, -0.2) is 123 Å². The van der Waals surface area contributed by atoms with E-state index in [1.54, 1.807) is 0 Å². The summed E-state index contributed by atoms with van der Waals surface area (Å²) in [5.41, 5.74) is 1.70. The van der Waals surface area contributed by atoms with Gasteiger partial charge >= 0.3 is 0 Å². The average Bonchev–Trinajstić information content (AvgIpc) is 3.56. The number of hydrogen-bond acceptors (Lipinski definition) is 12. The zero-order chi connectivity index (χ0) is 36.2. The number of fused-ring (bicyclic) bond motifs is 7. The first-order valence-electron chi connectivity index (χ1n) is 19.8. The van der Waals surface area contributed by atoms with Crippen LogP contribution in [0.5, 0.6) is 0 Å². The molecule has 51 heavy (non-hydrogen) atoms. The number of allylic oxidation sites excluding steroid dienone is 1. The van der Waals surface area contributed by atoms with Crippen molar-refractivity contribution in [3.8, 4) is 0 Å². The molecule has 0 aromatic carbocycles. The largest absolute Gasteiger partial charge is 0.394 e. The van der Waals surface area contributed by atoms with Crippen molar-refractivity contribution in [2.75, 3.05) is 13.2 Å². The van der Waals surface area contributed by atoms with E-state index in [9.17, 15) is 30.6 Å². The lowest BCUT2D eigenvalue weighted by Crippen LogP contribution is -2.64. The summed E-state index contributed by atoms with van der Waals surface area (Å²) >= 11 is 0. The molecule has 5 unspecified atom stereocenters. The Morgan fingerprint density at radius 1 is 0.824 bits per heavy atom. The first-order valence-corrected chi connectivity index (χ1v) is 19.8. The lowest BCUT2D eigenvalue weighted by Gasteiger charge is -2.58. The fourth-order valence-corrected chi connectivity index (χ4v) is 12.5. The second kappa shape index (κ2) is 13.5. The highest BCUT2D eigenvalue weighted by Gasteiger charge is 2.68. The SMILES string of the molecule is CC1O[C@@H](OC2C(O)[C@H](O)C(CO)O[C@H]2O[C@H]2CC[C@@]3(C)C(=CC[C@H]4[C@@H]5C[C@@H]6O[C@]7(CC[C@@H](C)CO7)[C@@H](C)[C@@H]6[C@@]5(C)CC[C@@H]43)C2)[C@@H](O)C(O)[C@H]1O. The van der Waals surface area contributed by atoms with Crippen molar-refractivity contribution in [1.29, 1.82) is 0 Å². The van der Waals surface area contributed by atoms with Crippen LogP contribution >= 0.6 is 0 Å². The van der Waals surface area contributed by atoms with Gasteiger partial charge in [-0.05, 0) is 98.7 Å². The smallest absolute Gasteiger partial charge is 0.187 e. The molecule has 4 aliphatic carbocycles. The summed E-state index contributed by atoms with van der Waals surface area (Å²) in [5.74, 6) is 2.92. The Hall–Kier alpha value is -0.740. The van der Waals surface area contributed by atoms with E-state index in [1.807, 2.05) is 0 Å². The lowest BCUT2D eigenvalue weighted by atomic mass is 9.47. The molecule has 0 amide bonds. The third kappa shape index (κ3) is 5.84. The highest BCUT2D eigenvalue weighted by atomic mass is 16.8. The summed E-state index contributed by atoms with van der Waals surface area (Å²) in [4.78, 5) is 0. The summed E-state index contributed by atoms with van der Waals surface area (Å²) < 4.78 is 37.6. The van der Waals surface area contributed by atoms with Gasteiger partial charge in [0.15, 0.2) is 18.4 Å². The molecule has 1 spiro atoms. The molecule has 7 fully saturated rings. The van der Waals surface area contributed by atoms with Gasteiger partial charge in [-0.15, -0.1) is 0 Å². The predicted molar refractivity (Wildman–Crippen MR) is 182 cm³/mol.